The molecule has 0 amide bonds. The summed E-state index contributed by atoms with van der Waals surface area (Å²) in [5, 5.41) is 4.13. The first-order valence-corrected chi connectivity index (χ1v) is 5.92. The Morgan fingerprint density at radius 3 is 2.74 bits per heavy atom. The van der Waals surface area contributed by atoms with Crippen molar-refractivity contribution in [1.82, 2.24) is 14.8 Å². The van der Waals surface area contributed by atoms with Gasteiger partial charge in [-0.25, -0.2) is 4.98 Å². The molecule has 0 bridgehead atoms. The predicted molar refractivity (Wildman–Crippen MR) is 68.6 cm³/mol. The van der Waals surface area contributed by atoms with Crippen LogP contribution in [0.2, 0.25) is 0 Å². The van der Waals surface area contributed by atoms with Crippen molar-refractivity contribution < 1.29 is 9.47 Å². The zero-order chi connectivity index (χ0) is 13.3. The van der Waals surface area contributed by atoms with Crippen LogP contribution in [0.15, 0.2) is 43.0 Å². The average molecular weight is 258 g/mol. The van der Waals surface area contributed by atoms with Crippen molar-refractivity contribution in [2.45, 2.75) is 19.3 Å². The van der Waals surface area contributed by atoms with E-state index in [4.69, 9.17) is 15.2 Å². The zero-order valence-electron chi connectivity index (χ0n) is 10.5. The molecule has 0 aromatic carbocycles. The van der Waals surface area contributed by atoms with E-state index in [1.54, 1.807) is 10.7 Å². The summed E-state index contributed by atoms with van der Waals surface area (Å²) in [5.74, 6) is -0.353. The molecular weight excluding hydrogens is 244 g/mol. The Morgan fingerprint density at radius 2 is 2.05 bits per heavy atom. The van der Waals surface area contributed by atoms with E-state index in [9.17, 15) is 0 Å². The van der Waals surface area contributed by atoms with E-state index in [1.807, 2.05) is 31.3 Å². The Labute approximate surface area is 110 Å². The highest BCUT2D eigenvalue weighted by molar-refractivity contribution is 5.24. The predicted octanol–water partition coefficient (Wildman–Crippen LogP) is 1.60. The third-order valence-corrected chi connectivity index (χ3v) is 2.90. The quantitative estimate of drug-likeness (QED) is 0.905. The van der Waals surface area contributed by atoms with E-state index >= 15 is 0 Å². The van der Waals surface area contributed by atoms with E-state index in [-0.39, 0.29) is 0 Å². The first-order valence-electron chi connectivity index (χ1n) is 5.92. The van der Waals surface area contributed by atoms with Gasteiger partial charge in [-0.1, -0.05) is 6.07 Å². The molecule has 19 heavy (non-hydrogen) atoms. The van der Waals surface area contributed by atoms with Gasteiger partial charge in [0.2, 0.25) is 0 Å². The molecule has 0 unspecified atom stereocenters. The first kappa shape index (κ1) is 11.6. The fourth-order valence-electron chi connectivity index (χ4n) is 1.92. The van der Waals surface area contributed by atoms with Gasteiger partial charge >= 0.3 is 0 Å². The second-order valence-electron chi connectivity index (χ2n) is 4.41. The summed E-state index contributed by atoms with van der Waals surface area (Å²) in [6.07, 6.45) is 4.85. The lowest BCUT2D eigenvalue weighted by molar-refractivity contribution is -0.136. The van der Waals surface area contributed by atoms with Crippen LogP contribution in [0.25, 0.3) is 0 Å². The number of hydrogen-bond donors (Lipinski definition) is 1. The highest BCUT2D eigenvalue weighted by Gasteiger charge is 2.33. The van der Waals surface area contributed by atoms with Crippen molar-refractivity contribution in [3.05, 3.63) is 54.4 Å². The van der Waals surface area contributed by atoms with Gasteiger partial charge < -0.3 is 15.2 Å². The summed E-state index contributed by atoms with van der Waals surface area (Å²) in [6, 6.07) is 7.46. The lowest BCUT2D eigenvalue weighted by Gasteiger charge is -2.22. The Morgan fingerprint density at radius 1 is 1.26 bits per heavy atom. The van der Waals surface area contributed by atoms with E-state index in [0.29, 0.717) is 12.4 Å². The van der Waals surface area contributed by atoms with Crippen LogP contribution in [0.5, 0.6) is 0 Å². The molecule has 6 heteroatoms. The standard InChI is InChI=1S/C13H14N4O2/c1-13(18-7-8-19-13)11-4-2-3-10(15-11)9-17-6-5-12(14)16-17/h2-8H,9H2,1H3,(H2,14,16). The van der Waals surface area contributed by atoms with E-state index in [1.165, 1.54) is 12.5 Å². The van der Waals surface area contributed by atoms with Gasteiger partial charge in [0.1, 0.15) is 24.0 Å². The van der Waals surface area contributed by atoms with Gasteiger partial charge in [-0.15, -0.1) is 0 Å². The van der Waals surface area contributed by atoms with Crippen LogP contribution in [-0.2, 0) is 21.8 Å². The number of pyridine rings is 1. The highest BCUT2D eigenvalue weighted by Crippen LogP contribution is 2.30. The van der Waals surface area contributed by atoms with Gasteiger partial charge in [0, 0.05) is 13.1 Å². The van der Waals surface area contributed by atoms with Gasteiger partial charge in [-0.05, 0) is 18.2 Å². The third kappa shape index (κ3) is 2.24. The number of nitrogens with two attached hydrogens (primary N) is 1. The Bertz CT molecular complexity index is 613. The van der Waals surface area contributed by atoms with Gasteiger partial charge in [0.15, 0.2) is 0 Å². The number of rotatable bonds is 3. The molecule has 0 radical (unpaired) electrons. The lowest BCUT2D eigenvalue weighted by Crippen LogP contribution is -2.24. The molecule has 3 heterocycles. The SMILES string of the molecule is CC1(c2cccc(Cn3ccc(N)n3)n2)OC=CO1. The average Bonchev–Trinajstić information content (AvgIpc) is 3.00. The summed E-state index contributed by atoms with van der Waals surface area (Å²) < 4.78 is 12.6. The number of aromatic nitrogens is 3. The van der Waals surface area contributed by atoms with Crippen LogP contribution < -0.4 is 5.73 Å². The molecule has 0 fully saturated rings. The molecule has 2 N–H and O–H groups in total. The number of hydrogen-bond acceptors (Lipinski definition) is 5. The number of anilines is 1. The maximum Gasteiger partial charge on any atom is 0.290 e. The third-order valence-electron chi connectivity index (χ3n) is 2.90. The molecule has 2 aromatic heterocycles. The van der Waals surface area contributed by atoms with E-state index in [2.05, 4.69) is 10.1 Å². The zero-order valence-corrected chi connectivity index (χ0v) is 10.5. The van der Waals surface area contributed by atoms with Crippen LogP contribution in [0, 0.1) is 0 Å². The fraction of sp³-hybridized carbons (Fsp3) is 0.231. The molecule has 0 aliphatic carbocycles. The highest BCUT2D eigenvalue weighted by atomic mass is 16.7. The Kier molecular flexibility index (Phi) is 2.63. The summed E-state index contributed by atoms with van der Waals surface area (Å²) in [4.78, 5) is 4.54. The van der Waals surface area contributed by atoms with Crippen LogP contribution in [-0.4, -0.2) is 14.8 Å². The molecule has 0 atom stereocenters. The molecule has 1 aliphatic heterocycles. The molecule has 2 aromatic rings. The molecule has 6 nitrogen and oxygen atoms in total. The van der Waals surface area contributed by atoms with Crippen molar-refractivity contribution in [2.75, 3.05) is 5.73 Å². The largest absolute Gasteiger partial charge is 0.452 e. The summed E-state index contributed by atoms with van der Waals surface area (Å²) in [5.41, 5.74) is 7.16. The molecular formula is C13H14N4O2. The Balaban J connectivity index is 1.84. The summed E-state index contributed by atoms with van der Waals surface area (Å²) in [6.45, 7) is 2.37. The summed E-state index contributed by atoms with van der Waals surface area (Å²) >= 11 is 0. The molecule has 0 spiro atoms. The Hall–Kier alpha value is -2.50. The minimum Gasteiger partial charge on any atom is -0.452 e. The van der Waals surface area contributed by atoms with Gasteiger partial charge in [-0.3, -0.25) is 4.68 Å². The van der Waals surface area contributed by atoms with Crippen LogP contribution in [0.1, 0.15) is 18.3 Å². The maximum absolute atomic E-state index is 5.58. The second-order valence-corrected chi connectivity index (χ2v) is 4.41. The van der Waals surface area contributed by atoms with Crippen LogP contribution in [0.3, 0.4) is 0 Å². The van der Waals surface area contributed by atoms with Crippen LogP contribution >= 0.6 is 0 Å². The van der Waals surface area contributed by atoms with Crippen LogP contribution in [0.4, 0.5) is 5.82 Å². The molecule has 0 saturated carbocycles. The van der Waals surface area contributed by atoms with Crippen molar-refractivity contribution in [3.8, 4) is 0 Å². The maximum atomic E-state index is 5.58. The summed E-state index contributed by atoms with van der Waals surface area (Å²) in [7, 11) is 0. The minimum absolute atomic E-state index is 0.495. The lowest BCUT2D eigenvalue weighted by atomic mass is 10.2. The van der Waals surface area contributed by atoms with E-state index < -0.39 is 5.79 Å². The first-order chi connectivity index (χ1) is 9.16. The normalized spacial score (nSPS) is 16.1. The van der Waals surface area contributed by atoms with Gasteiger partial charge in [0.05, 0.1) is 12.2 Å². The minimum atomic E-state index is -0.848. The molecule has 3 rings (SSSR count). The molecule has 98 valence electrons. The number of nitrogen functional groups attached to an aromatic ring is 1. The molecule has 0 saturated heterocycles. The number of nitrogens with zero attached hydrogens (tertiary/aromatic N) is 3. The van der Waals surface area contributed by atoms with Gasteiger partial charge in [-0.2, -0.15) is 5.10 Å². The van der Waals surface area contributed by atoms with Crippen molar-refractivity contribution >= 4 is 5.82 Å². The second kappa shape index (κ2) is 4.31. The van der Waals surface area contributed by atoms with Gasteiger partial charge in [0.25, 0.3) is 5.79 Å². The van der Waals surface area contributed by atoms with Crippen molar-refractivity contribution in [2.24, 2.45) is 0 Å². The monoisotopic (exact) mass is 258 g/mol. The van der Waals surface area contributed by atoms with Crippen molar-refractivity contribution in [1.29, 1.82) is 0 Å². The number of ether oxygens (including phenoxy) is 2. The van der Waals surface area contributed by atoms with Crippen molar-refractivity contribution in [3.63, 3.8) is 0 Å². The topological polar surface area (TPSA) is 75.2 Å². The smallest absolute Gasteiger partial charge is 0.290 e. The van der Waals surface area contributed by atoms with E-state index in [0.717, 1.165) is 11.4 Å². The fourth-order valence-corrected chi connectivity index (χ4v) is 1.92. The molecule has 1 aliphatic rings.